The zero-order valence-electron chi connectivity index (χ0n) is 8.83. The average Bonchev–Trinajstić information content (AvgIpc) is 2.19. The Morgan fingerprint density at radius 3 is 2.38 bits per heavy atom. The van der Waals surface area contributed by atoms with Crippen molar-refractivity contribution in [2.75, 3.05) is 24.7 Å². The summed E-state index contributed by atoms with van der Waals surface area (Å²) in [4.78, 5) is 9.49. The van der Waals surface area contributed by atoms with E-state index < -0.39 is 11.6 Å². The molecule has 0 aliphatic carbocycles. The molecular formula is C10H10F2N4. The molecule has 0 bridgehead atoms. The number of aromatic nitrogens is 2. The highest BCUT2D eigenvalue weighted by Gasteiger charge is 2.12. The summed E-state index contributed by atoms with van der Waals surface area (Å²) >= 11 is 0. The van der Waals surface area contributed by atoms with Crippen molar-refractivity contribution in [3.63, 3.8) is 0 Å². The predicted molar refractivity (Wildman–Crippen MR) is 58.2 cm³/mol. The van der Waals surface area contributed by atoms with E-state index in [1.165, 1.54) is 0 Å². The van der Waals surface area contributed by atoms with Gasteiger partial charge in [0, 0.05) is 25.5 Å². The van der Waals surface area contributed by atoms with E-state index in [-0.39, 0.29) is 11.5 Å². The first-order valence-corrected chi connectivity index (χ1v) is 4.58. The molecule has 2 N–H and O–H groups in total. The Morgan fingerprint density at radius 2 is 1.75 bits per heavy atom. The molecule has 0 radical (unpaired) electrons. The van der Waals surface area contributed by atoms with Crippen molar-refractivity contribution >= 4 is 22.7 Å². The quantitative estimate of drug-likeness (QED) is 0.798. The summed E-state index contributed by atoms with van der Waals surface area (Å²) in [5, 5.41) is 0.429. The molecule has 0 saturated carbocycles. The second-order valence-corrected chi connectivity index (χ2v) is 3.58. The molecule has 2 rings (SSSR count). The summed E-state index contributed by atoms with van der Waals surface area (Å²) in [6.07, 6.45) is 0. The Morgan fingerprint density at radius 1 is 1.12 bits per heavy atom. The Bertz CT molecular complexity index is 554. The molecule has 0 fully saturated rings. The van der Waals surface area contributed by atoms with Gasteiger partial charge in [0.2, 0.25) is 5.95 Å². The fraction of sp³-hybridized carbons (Fsp3) is 0.200. The van der Waals surface area contributed by atoms with E-state index >= 15 is 0 Å². The summed E-state index contributed by atoms with van der Waals surface area (Å²) < 4.78 is 26.1. The largest absolute Gasteiger partial charge is 0.368 e. The zero-order chi connectivity index (χ0) is 11.9. The van der Waals surface area contributed by atoms with Crippen LogP contribution in [0.5, 0.6) is 0 Å². The van der Waals surface area contributed by atoms with Crippen molar-refractivity contribution in [2.45, 2.75) is 0 Å². The maximum atomic E-state index is 13.1. The normalized spacial score (nSPS) is 10.8. The Labute approximate surface area is 90.7 Å². The van der Waals surface area contributed by atoms with Gasteiger partial charge in [0.15, 0.2) is 11.6 Å². The number of hydrogen-bond donors (Lipinski definition) is 1. The second kappa shape index (κ2) is 3.55. The lowest BCUT2D eigenvalue weighted by Crippen LogP contribution is -2.13. The van der Waals surface area contributed by atoms with Crippen molar-refractivity contribution in [1.82, 2.24) is 9.97 Å². The summed E-state index contributed by atoms with van der Waals surface area (Å²) in [6, 6.07) is 2.08. The number of anilines is 2. The van der Waals surface area contributed by atoms with Gasteiger partial charge in [-0.25, -0.2) is 13.8 Å². The average molecular weight is 224 g/mol. The molecule has 0 aliphatic rings. The smallest absolute Gasteiger partial charge is 0.222 e. The summed E-state index contributed by atoms with van der Waals surface area (Å²) in [7, 11) is 3.48. The first-order chi connectivity index (χ1) is 7.49. The number of nitrogen functional groups attached to an aromatic ring is 1. The van der Waals surface area contributed by atoms with Crippen LogP contribution in [-0.2, 0) is 0 Å². The molecule has 1 heterocycles. The number of fused-ring (bicyclic) bond motifs is 1. The molecular weight excluding hydrogens is 214 g/mol. The third kappa shape index (κ3) is 1.62. The van der Waals surface area contributed by atoms with Crippen molar-refractivity contribution in [2.24, 2.45) is 0 Å². The second-order valence-electron chi connectivity index (χ2n) is 3.58. The van der Waals surface area contributed by atoms with E-state index in [0.29, 0.717) is 11.2 Å². The molecule has 0 unspecified atom stereocenters. The third-order valence-corrected chi connectivity index (χ3v) is 2.16. The maximum absolute atomic E-state index is 13.1. The molecule has 1 aromatic heterocycles. The molecule has 0 aliphatic heterocycles. The standard InChI is InChI=1S/C10H10F2N4/c1-16(2)9-5-3-6(11)7(12)4-8(5)14-10(13)15-9/h3-4H,1-2H3,(H2,13,14,15). The molecule has 16 heavy (non-hydrogen) atoms. The van der Waals surface area contributed by atoms with Gasteiger partial charge in [-0.2, -0.15) is 4.98 Å². The van der Waals surface area contributed by atoms with Gasteiger partial charge in [-0.05, 0) is 6.07 Å². The topological polar surface area (TPSA) is 55.0 Å². The van der Waals surface area contributed by atoms with Gasteiger partial charge in [0.25, 0.3) is 0 Å². The number of rotatable bonds is 1. The fourth-order valence-electron chi connectivity index (χ4n) is 1.47. The summed E-state index contributed by atoms with van der Waals surface area (Å²) in [5.41, 5.74) is 5.77. The lowest BCUT2D eigenvalue weighted by Gasteiger charge is -2.14. The lowest BCUT2D eigenvalue weighted by atomic mass is 10.2. The lowest BCUT2D eigenvalue weighted by molar-refractivity contribution is 0.510. The van der Waals surface area contributed by atoms with Crippen molar-refractivity contribution in [3.05, 3.63) is 23.8 Å². The molecule has 0 spiro atoms. The first kappa shape index (κ1) is 10.5. The Kier molecular flexibility index (Phi) is 2.34. The number of hydrogen-bond acceptors (Lipinski definition) is 4. The highest BCUT2D eigenvalue weighted by Crippen LogP contribution is 2.25. The van der Waals surface area contributed by atoms with Crippen LogP contribution in [0.2, 0.25) is 0 Å². The van der Waals surface area contributed by atoms with Crippen LogP contribution in [0.3, 0.4) is 0 Å². The van der Waals surface area contributed by atoms with Crippen LogP contribution in [0, 0.1) is 11.6 Å². The Hall–Kier alpha value is -1.98. The van der Waals surface area contributed by atoms with Crippen LogP contribution >= 0.6 is 0 Å². The van der Waals surface area contributed by atoms with Crippen LogP contribution in [0.4, 0.5) is 20.5 Å². The number of nitrogens with zero attached hydrogens (tertiary/aromatic N) is 3. The Balaban J connectivity index is 2.85. The first-order valence-electron chi connectivity index (χ1n) is 4.58. The molecule has 84 valence electrons. The SMILES string of the molecule is CN(C)c1nc(N)nc2cc(F)c(F)cc12. The van der Waals surface area contributed by atoms with E-state index in [1.54, 1.807) is 19.0 Å². The molecule has 1 aromatic carbocycles. The molecule has 6 heteroatoms. The van der Waals surface area contributed by atoms with Gasteiger partial charge < -0.3 is 10.6 Å². The minimum Gasteiger partial charge on any atom is -0.368 e. The van der Waals surface area contributed by atoms with Crippen LogP contribution in [0.25, 0.3) is 10.9 Å². The van der Waals surface area contributed by atoms with Crippen molar-refractivity contribution in [1.29, 1.82) is 0 Å². The minimum absolute atomic E-state index is 0.0298. The molecule has 0 amide bonds. The minimum atomic E-state index is -0.949. The van der Waals surface area contributed by atoms with Gasteiger partial charge in [-0.1, -0.05) is 0 Å². The van der Waals surface area contributed by atoms with Crippen molar-refractivity contribution < 1.29 is 8.78 Å². The van der Waals surface area contributed by atoms with Crippen LogP contribution < -0.4 is 10.6 Å². The maximum Gasteiger partial charge on any atom is 0.222 e. The highest BCUT2D eigenvalue weighted by atomic mass is 19.2. The highest BCUT2D eigenvalue weighted by molar-refractivity contribution is 5.90. The van der Waals surface area contributed by atoms with E-state index in [1.807, 2.05) is 0 Å². The van der Waals surface area contributed by atoms with Crippen molar-refractivity contribution in [3.8, 4) is 0 Å². The fourth-order valence-corrected chi connectivity index (χ4v) is 1.47. The third-order valence-electron chi connectivity index (χ3n) is 2.16. The van der Waals surface area contributed by atoms with E-state index in [0.717, 1.165) is 12.1 Å². The summed E-state index contributed by atoms with van der Waals surface area (Å²) in [6.45, 7) is 0. The van der Waals surface area contributed by atoms with E-state index in [4.69, 9.17) is 5.73 Å². The van der Waals surface area contributed by atoms with Crippen LogP contribution in [0.15, 0.2) is 12.1 Å². The van der Waals surface area contributed by atoms with Gasteiger partial charge in [0.05, 0.1) is 5.52 Å². The van der Waals surface area contributed by atoms with E-state index in [9.17, 15) is 8.78 Å². The van der Waals surface area contributed by atoms with Gasteiger partial charge in [-0.15, -0.1) is 0 Å². The number of halogens is 2. The monoisotopic (exact) mass is 224 g/mol. The van der Waals surface area contributed by atoms with Gasteiger partial charge in [-0.3, -0.25) is 0 Å². The zero-order valence-corrected chi connectivity index (χ0v) is 8.83. The van der Waals surface area contributed by atoms with Gasteiger partial charge >= 0.3 is 0 Å². The van der Waals surface area contributed by atoms with Crippen LogP contribution in [-0.4, -0.2) is 24.1 Å². The molecule has 0 saturated heterocycles. The molecule has 4 nitrogen and oxygen atoms in total. The molecule has 2 aromatic rings. The number of nitrogens with two attached hydrogens (primary N) is 1. The summed E-state index contributed by atoms with van der Waals surface area (Å²) in [5.74, 6) is -1.39. The van der Waals surface area contributed by atoms with Gasteiger partial charge in [0.1, 0.15) is 5.82 Å². The van der Waals surface area contributed by atoms with Crippen LogP contribution in [0.1, 0.15) is 0 Å². The molecule has 0 atom stereocenters. The number of benzene rings is 1. The van der Waals surface area contributed by atoms with E-state index in [2.05, 4.69) is 9.97 Å². The predicted octanol–water partition coefficient (Wildman–Crippen LogP) is 1.56.